The molecule has 0 bridgehead atoms. The molecule has 4 nitrogen and oxygen atoms in total. The lowest BCUT2D eigenvalue weighted by molar-refractivity contribution is 0.559. The van der Waals surface area contributed by atoms with Gasteiger partial charge in [-0.1, -0.05) is 32.9 Å². The summed E-state index contributed by atoms with van der Waals surface area (Å²) in [5.41, 5.74) is 11.8. The fourth-order valence-electron chi connectivity index (χ4n) is 3.38. The van der Waals surface area contributed by atoms with Crippen LogP contribution in [0.2, 0.25) is 0 Å². The van der Waals surface area contributed by atoms with E-state index in [-0.39, 0.29) is 11.0 Å². The van der Waals surface area contributed by atoms with Crippen molar-refractivity contribution in [3.05, 3.63) is 76.9 Å². The number of benzene rings is 2. The van der Waals surface area contributed by atoms with Crippen molar-refractivity contribution >= 4 is 16.7 Å². The molecule has 0 fully saturated rings. The number of nitrogens with two attached hydrogens (primary N) is 1. The van der Waals surface area contributed by atoms with Crippen LogP contribution in [-0.4, -0.2) is 4.98 Å². The van der Waals surface area contributed by atoms with E-state index in [1.807, 2.05) is 42.5 Å². The van der Waals surface area contributed by atoms with Crippen LogP contribution in [0, 0.1) is 0 Å². The van der Waals surface area contributed by atoms with Gasteiger partial charge < -0.3 is 15.1 Å². The Balaban J connectivity index is 2.04. The van der Waals surface area contributed by atoms with Gasteiger partial charge in [-0.25, -0.2) is 0 Å². The number of nitrogen functional groups attached to an aromatic ring is 1. The molecule has 136 valence electrons. The SMILES string of the molecule is CC(C)(C)c1cc(-c2ccc[nH]c2=O)cc2c(-c3ccc(N)cc3)coc12. The number of furan rings is 1. The molecule has 4 heteroatoms. The summed E-state index contributed by atoms with van der Waals surface area (Å²) in [5, 5.41) is 0.991. The van der Waals surface area contributed by atoms with E-state index in [2.05, 4.69) is 31.8 Å². The number of hydrogen-bond donors (Lipinski definition) is 2. The first kappa shape index (κ1) is 17.2. The molecule has 4 rings (SSSR count). The summed E-state index contributed by atoms with van der Waals surface area (Å²) in [4.78, 5) is 15.1. The minimum Gasteiger partial charge on any atom is -0.463 e. The Morgan fingerprint density at radius 3 is 2.37 bits per heavy atom. The van der Waals surface area contributed by atoms with Gasteiger partial charge in [0.05, 0.1) is 6.26 Å². The molecule has 0 aliphatic carbocycles. The number of aromatic amines is 1. The first-order chi connectivity index (χ1) is 12.8. The number of nitrogens with one attached hydrogen (secondary N) is 1. The minimum absolute atomic E-state index is 0.103. The van der Waals surface area contributed by atoms with E-state index in [0.717, 1.165) is 38.9 Å². The first-order valence-corrected chi connectivity index (χ1v) is 8.94. The van der Waals surface area contributed by atoms with E-state index >= 15 is 0 Å². The number of hydrogen-bond acceptors (Lipinski definition) is 3. The van der Waals surface area contributed by atoms with Crippen molar-refractivity contribution in [1.82, 2.24) is 4.98 Å². The highest BCUT2D eigenvalue weighted by molar-refractivity contribution is 5.98. The predicted octanol–water partition coefficient (Wildman–Crippen LogP) is 5.33. The molecule has 0 amide bonds. The van der Waals surface area contributed by atoms with Crippen LogP contribution in [0.5, 0.6) is 0 Å². The topological polar surface area (TPSA) is 72.0 Å². The quantitative estimate of drug-likeness (QED) is 0.475. The maximum Gasteiger partial charge on any atom is 0.255 e. The van der Waals surface area contributed by atoms with E-state index in [0.29, 0.717) is 5.56 Å². The summed E-state index contributed by atoms with van der Waals surface area (Å²) >= 11 is 0. The summed E-state index contributed by atoms with van der Waals surface area (Å²) < 4.78 is 6.00. The Kier molecular flexibility index (Phi) is 3.92. The molecule has 0 spiro atoms. The molecule has 0 saturated carbocycles. The highest BCUT2D eigenvalue weighted by Gasteiger charge is 2.23. The van der Waals surface area contributed by atoms with Crippen LogP contribution < -0.4 is 11.3 Å². The molecular weight excluding hydrogens is 336 g/mol. The monoisotopic (exact) mass is 358 g/mol. The van der Waals surface area contributed by atoms with Gasteiger partial charge in [0.25, 0.3) is 5.56 Å². The Hall–Kier alpha value is -3.27. The highest BCUT2D eigenvalue weighted by Crippen LogP contribution is 2.39. The van der Waals surface area contributed by atoms with Crippen molar-refractivity contribution in [2.75, 3.05) is 5.73 Å². The first-order valence-electron chi connectivity index (χ1n) is 8.94. The lowest BCUT2D eigenvalue weighted by atomic mass is 9.83. The van der Waals surface area contributed by atoms with Crippen molar-refractivity contribution in [2.45, 2.75) is 26.2 Å². The molecule has 2 aromatic carbocycles. The van der Waals surface area contributed by atoms with Crippen molar-refractivity contribution < 1.29 is 4.42 Å². The molecule has 0 aliphatic heterocycles. The van der Waals surface area contributed by atoms with Gasteiger partial charge >= 0.3 is 0 Å². The van der Waals surface area contributed by atoms with Gasteiger partial charge in [0, 0.05) is 34.0 Å². The zero-order valence-corrected chi connectivity index (χ0v) is 15.7. The van der Waals surface area contributed by atoms with Gasteiger partial charge in [0.1, 0.15) is 5.58 Å². The van der Waals surface area contributed by atoms with Crippen molar-refractivity contribution in [2.24, 2.45) is 0 Å². The van der Waals surface area contributed by atoms with Crippen LogP contribution in [0.15, 0.2) is 70.2 Å². The summed E-state index contributed by atoms with van der Waals surface area (Å²) in [6, 6.07) is 15.5. The van der Waals surface area contributed by atoms with Crippen LogP contribution in [0.1, 0.15) is 26.3 Å². The maximum absolute atomic E-state index is 12.4. The zero-order chi connectivity index (χ0) is 19.2. The molecule has 3 N–H and O–H groups in total. The Morgan fingerprint density at radius 1 is 0.963 bits per heavy atom. The minimum atomic E-state index is -0.133. The van der Waals surface area contributed by atoms with Crippen molar-refractivity contribution in [3.8, 4) is 22.3 Å². The van der Waals surface area contributed by atoms with Crippen LogP contribution in [-0.2, 0) is 5.41 Å². The van der Waals surface area contributed by atoms with E-state index < -0.39 is 0 Å². The van der Waals surface area contributed by atoms with Crippen molar-refractivity contribution in [1.29, 1.82) is 0 Å². The number of aromatic nitrogens is 1. The smallest absolute Gasteiger partial charge is 0.255 e. The molecule has 2 heterocycles. The number of rotatable bonds is 2. The van der Waals surface area contributed by atoms with E-state index in [1.165, 1.54) is 0 Å². The van der Waals surface area contributed by atoms with Gasteiger partial charge in [-0.2, -0.15) is 0 Å². The largest absolute Gasteiger partial charge is 0.463 e. The van der Waals surface area contributed by atoms with Gasteiger partial charge in [-0.15, -0.1) is 0 Å². The second-order valence-electron chi connectivity index (χ2n) is 7.83. The van der Waals surface area contributed by atoms with Crippen LogP contribution in [0.4, 0.5) is 5.69 Å². The molecule has 0 aliphatic rings. The van der Waals surface area contributed by atoms with E-state index in [1.54, 1.807) is 12.5 Å². The molecule has 27 heavy (non-hydrogen) atoms. The third-order valence-corrected chi connectivity index (χ3v) is 4.83. The third kappa shape index (κ3) is 3.04. The zero-order valence-electron chi connectivity index (χ0n) is 15.7. The number of fused-ring (bicyclic) bond motifs is 1. The summed E-state index contributed by atoms with van der Waals surface area (Å²) in [6.07, 6.45) is 3.43. The van der Waals surface area contributed by atoms with Gasteiger partial charge in [0.15, 0.2) is 0 Å². The predicted molar refractivity (Wildman–Crippen MR) is 111 cm³/mol. The second-order valence-corrected chi connectivity index (χ2v) is 7.83. The Labute approximate surface area is 157 Å². The van der Waals surface area contributed by atoms with Crippen molar-refractivity contribution in [3.63, 3.8) is 0 Å². The number of H-pyrrole nitrogens is 1. The second kappa shape index (κ2) is 6.16. The molecule has 0 radical (unpaired) electrons. The molecule has 2 aromatic heterocycles. The number of pyridine rings is 1. The average molecular weight is 358 g/mol. The molecular formula is C23H22N2O2. The average Bonchev–Trinajstić information content (AvgIpc) is 3.05. The van der Waals surface area contributed by atoms with Crippen LogP contribution >= 0.6 is 0 Å². The van der Waals surface area contributed by atoms with Gasteiger partial charge in [0.2, 0.25) is 0 Å². The van der Waals surface area contributed by atoms with Crippen LogP contribution in [0.3, 0.4) is 0 Å². The maximum atomic E-state index is 12.4. The van der Waals surface area contributed by atoms with E-state index in [9.17, 15) is 4.79 Å². The standard InChI is InChI=1S/C23H22N2O2/c1-23(2,3)20-12-15(17-5-4-10-25-22(17)26)11-18-19(13-27-21(18)20)14-6-8-16(24)9-7-14/h4-13H,24H2,1-3H3,(H,25,26). The highest BCUT2D eigenvalue weighted by atomic mass is 16.3. The van der Waals surface area contributed by atoms with Crippen LogP contribution in [0.25, 0.3) is 33.2 Å². The third-order valence-electron chi connectivity index (χ3n) is 4.83. The Morgan fingerprint density at radius 2 is 1.70 bits per heavy atom. The fourth-order valence-corrected chi connectivity index (χ4v) is 3.38. The molecule has 0 atom stereocenters. The Bertz CT molecular complexity index is 1180. The molecule has 0 unspecified atom stereocenters. The van der Waals surface area contributed by atoms with Gasteiger partial charge in [-0.3, -0.25) is 4.79 Å². The lowest BCUT2D eigenvalue weighted by Crippen LogP contribution is -2.13. The lowest BCUT2D eigenvalue weighted by Gasteiger charge is -2.20. The van der Waals surface area contributed by atoms with Gasteiger partial charge in [-0.05, 0) is 52.9 Å². The summed E-state index contributed by atoms with van der Waals surface area (Å²) in [7, 11) is 0. The summed E-state index contributed by atoms with van der Waals surface area (Å²) in [5.74, 6) is 0. The normalized spacial score (nSPS) is 11.8. The summed E-state index contributed by atoms with van der Waals surface area (Å²) in [6.45, 7) is 6.44. The van der Waals surface area contributed by atoms with E-state index in [4.69, 9.17) is 10.2 Å². The molecule has 4 aromatic rings. The molecule has 0 saturated heterocycles. The fraction of sp³-hybridized carbons (Fsp3) is 0.174. The number of anilines is 1.